The van der Waals surface area contributed by atoms with Crippen LogP contribution in [0, 0.1) is 13.8 Å². The average molecular weight is 285 g/mol. The molecule has 0 radical (unpaired) electrons. The number of benzene rings is 2. The molecule has 0 aliphatic heterocycles. The van der Waals surface area contributed by atoms with Gasteiger partial charge in [0, 0.05) is 12.2 Å². The molecule has 1 N–H and O–H groups in total. The van der Waals surface area contributed by atoms with E-state index in [1.165, 1.54) is 16.8 Å². The fraction of sp³-hybridized carbons (Fsp3) is 0.333. The molecule has 0 aliphatic carbocycles. The van der Waals surface area contributed by atoms with Crippen molar-refractivity contribution >= 4 is 5.69 Å². The first kappa shape index (κ1) is 15.2. The third-order valence-corrected chi connectivity index (χ3v) is 3.43. The van der Waals surface area contributed by atoms with Gasteiger partial charge in [-0.3, -0.25) is 0 Å². The van der Waals surface area contributed by atoms with Crippen molar-refractivity contribution in [1.82, 2.24) is 0 Å². The molecule has 0 saturated heterocycles. The van der Waals surface area contributed by atoms with Gasteiger partial charge >= 0.3 is 0 Å². The lowest BCUT2D eigenvalue weighted by Crippen LogP contribution is -2.09. The smallest absolute Gasteiger partial charge is 0.119 e. The highest BCUT2D eigenvalue weighted by molar-refractivity contribution is 5.56. The summed E-state index contributed by atoms with van der Waals surface area (Å²) in [7, 11) is 1.66. The zero-order valence-corrected chi connectivity index (χ0v) is 13.0. The lowest BCUT2D eigenvalue weighted by atomic mass is 10.1. The molecule has 3 nitrogen and oxygen atoms in total. The minimum absolute atomic E-state index is 0.699. The molecule has 21 heavy (non-hydrogen) atoms. The van der Waals surface area contributed by atoms with E-state index in [2.05, 4.69) is 37.4 Å². The summed E-state index contributed by atoms with van der Waals surface area (Å²) in [4.78, 5) is 0. The molecule has 0 bridgehead atoms. The van der Waals surface area contributed by atoms with E-state index in [4.69, 9.17) is 9.47 Å². The van der Waals surface area contributed by atoms with E-state index < -0.39 is 0 Å². The van der Waals surface area contributed by atoms with Crippen LogP contribution in [0.3, 0.4) is 0 Å². The third kappa shape index (κ3) is 4.42. The molecule has 112 valence electrons. The molecule has 0 atom stereocenters. The van der Waals surface area contributed by atoms with Gasteiger partial charge in [0.2, 0.25) is 0 Å². The molecule has 0 fully saturated rings. The van der Waals surface area contributed by atoms with Gasteiger partial charge in [-0.05, 0) is 55.7 Å². The molecule has 0 amide bonds. The Morgan fingerprint density at radius 2 is 1.52 bits per heavy atom. The Balaban J connectivity index is 1.72. The van der Waals surface area contributed by atoms with Gasteiger partial charge in [-0.1, -0.05) is 18.2 Å². The standard InChI is InChI=1S/C18H23NO2/c1-14-6-4-7-15(2)18(14)19-12-5-13-21-17-10-8-16(20-3)9-11-17/h4,6-11,19H,5,12-13H2,1-3H3. The van der Waals surface area contributed by atoms with Crippen LogP contribution in [-0.2, 0) is 0 Å². The molecule has 0 spiro atoms. The highest BCUT2D eigenvalue weighted by atomic mass is 16.5. The van der Waals surface area contributed by atoms with Crippen LogP contribution in [0.15, 0.2) is 42.5 Å². The van der Waals surface area contributed by atoms with Crippen molar-refractivity contribution in [3.05, 3.63) is 53.6 Å². The molecule has 0 aromatic heterocycles. The Morgan fingerprint density at radius 3 is 2.14 bits per heavy atom. The number of methoxy groups -OCH3 is 1. The quantitative estimate of drug-likeness (QED) is 0.774. The summed E-state index contributed by atoms with van der Waals surface area (Å²) < 4.78 is 10.8. The molecular formula is C18H23NO2. The van der Waals surface area contributed by atoms with Crippen LogP contribution in [0.2, 0.25) is 0 Å². The Kier molecular flexibility index (Phi) is 5.50. The molecule has 2 aromatic carbocycles. The number of hydrogen-bond donors (Lipinski definition) is 1. The maximum absolute atomic E-state index is 5.71. The highest BCUT2D eigenvalue weighted by Gasteiger charge is 2.01. The maximum atomic E-state index is 5.71. The van der Waals surface area contributed by atoms with Gasteiger partial charge in [0.1, 0.15) is 11.5 Å². The Hall–Kier alpha value is -2.16. The van der Waals surface area contributed by atoms with Gasteiger partial charge in [0.25, 0.3) is 0 Å². The Labute approximate surface area is 126 Å². The van der Waals surface area contributed by atoms with Gasteiger partial charge in [-0.2, -0.15) is 0 Å². The van der Waals surface area contributed by atoms with Crippen molar-refractivity contribution in [2.24, 2.45) is 0 Å². The topological polar surface area (TPSA) is 30.5 Å². The Bertz CT molecular complexity index is 544. The van der Waals surface area contributed by atoms with Crippen LogP contribution >= 0.6 is 0 Å². The second kappa shape index (κ2) is 7.58. The van der Waals surface area contributed by atoms with Gasteiger partial charge in [0.15, 0.2) is 0 Å². The van der Waals surface area contributed by atoms with Crippen LogP contribution in [-0.4, -0.2) is 20.3 Å². The highest BCUT2D eigenvalue weighted by Crippen LogP contribution is 2.19. The third-order valence-electron chi connectivity index (χ3n) is 3.43. The second-order valence-electron chi connectivity index (χ2n) is 5.07. The van der Waals surface area contributed by atoms with Crippen LogP contribution in [0.25, 0.3) is 0 Å². The first-order valence-electron chi connectivity index (χ1n) is 7.27. The number of hydrogen-bond acceptors (Lipinski definition) is 3. The van der Waals surface area contributed by atoms with Crippen molar-refractivity contribution in [1.29, 1.82) is 0 Å². The lowest BCUT2D eigenvalue weighted by molar-refractivity contribution is 0.314. The predicted molar refractivity (Wildman–Crippen MR) is 87.5 cm³/mol. The maximum Gasteiger partial charge on any atom is 0.119 e. The summed E-state index contributed by atoms with van der Waals surface area (Å²) in [5.74, 6) is 1.72. The van der Waals surface area contributed by atoms with E-state index in [0.717, 1.165) is 24.5 Å². The lowest BCUT2D eigenvalue weighted by Gasteiger charge is -2.13. The van der Waals surface area contributed by atoms with Gasteiger partial charge in [0.05, 0.1) is 13.7 Å². The second-order valence-corrected chi connectivity index (χ2v) is 5.07. The average Bonchev–Trinajstić information content (AvgIpc) is 2.50. The number of aryl methyl sites for hydroxylation is 2. The van der Waals surface area contributed by atoms with Gasteiger partial charge < -0.3 is 14.8 Å². The number of ether oxygens (including phenoxy) is 2. The summed E-state index contributed by atoms with van der Waals surface area (Å²) in [6, 6.07) is 14.0. The zero-order chi connectivity index (χ0) is 15.1. The predicted octanol–water partition coefficient (Wildman–Crippen LogP) is 4.19. The first-order valence-corrected chi connectivity index (χ1v) is 7.27. The van der Waals surface area contributed by atoms with E-state index in [0.29, 0.717) is 6.61 Å². The van der Waals surface area contributed by atoms with Crippen molar-refractivity contribution < 1.29 is 9.47 Å². The molecule has 0 aliphatic rings. The van der Waals surface area contributed by atoms with Crippen molar-refractivity contribution in [3.8, 4) is 11.5 Å². The largest absolute Gasteiger partial charge is 0.497 e. The first-order chi connectivity index (χ1) is 10.2. The molecule has 0 heterocycles. The minimum atomic E-state index is 0.699. The molecule has 3 heteroatoms. The number of nitrogens with one attached hydrogen (secondary N) is 1. The fourth-order valence-corrected chi connectivity index (χ4v) is 2.24. The van der Waals surface area contributed by atoms with E-state index in [9.17, 15) is 0 Å². The monoisotopic (exact) mass is 285 g/mol. The van der Waals surface area contributed by atoms with Crippen LogP contribution in [0.4, 0.5) is 5.69 Å². The van der Waals surface area contributed by atoms with Crippen LogP contribution in [0.5, 0.6) is 11.5 Å². The van der Waals surface area contributed by atoms with Crippen LogP contribution in [0.1, 0.15) is 17.5 Å². The van der Waals surface area contributed by atoms with E-state index >= 15 is 0 Å². The van der Waals surface area contributed by atoms with Crippen molar-refractivity contribution in [3.63, 3.8) is 0 Å². The molecular weight excluding hydrogens is 262 g/mol. The molecule has 2 aromatic rings. The number of anilines is 1. The summed E-state index contributed by atoms with van der Waals surface area (Å²) in [5, 5.41) is 3.49. The van der Waals surface area contributed by atoms with E-state index in [1.807, 2.05) is 24.3 Å². The fourth-order valence-electron chi connectivity index (χ4n) is 2.24. The van der Waals surface area contributed by atoms with E-state index in [-0.39, 0.29) is 0 Å². The van der Waals surface area contributed by atoms with Crippen LogP contribution < -0.4 is 14.8 Å². The zero-order valence-electron chi connectivity index (χ0n) is 13.0. The summed E-state index contributed by atoms with van der Waals surface area (Å²) in [5.41, 5.74) is 3.80. The molecule has 2 rings (SSSR count). The molecule has 0 unspecified atom stereocenters. The SMILES string of the molecule is COc1ccc(OCCCNc2c(C)cccc2C)cc1. The summed E-state index contributed by atoms with van der Waals surface area (Å²) in [6.07, 6.45) is 0.958. The normalized spacial score (nSPS) is 10.2. The van der Waals surface area contributed by atoms with Gasteiger partial charge in [-0.25, -0.2) is 0 Å². The molecule has 0 saturated carbocycles. The number of rotatable bonds is 7. The summed E-state index contributed by atoms with van der Waals surface area (Å²) in [6.45, 7) is 5.86. The summed E-state index contributed by atoms with van der Waals surface area (Å²) >= 11 is 0. The van der Waals surface area contributed by atoms with E-state index in [1.54, 1.807) is 7.11 Å². The number of para-hydroxylation sites is 1. The Morgan fingerprint density at radius 1 is 0.905 bits per heavy atom. The minimum Gasteiger partial charge on any atom is -0.497 e. The van der Waals surface area contributed by atoms with Crippen molar-refractivity contribution in [2.75, 3.05) is 25.6 Å². The van der Waals surface area contributed by atoms with Gasteiger partial charge in [-0.15, -0.1) is 0 Å². The van der Waals surface area contributed by atoms with Crippen molar-refractivity contribution in [2.45, 2.75) is 20.3 Å².